The van der Waals surface area contributed by atoms with E-state index in [9.17, 15) is 19.5 Å². The average Bonchev–Trinajstić information content (AvgIpc) is 3.85. The quantitative estimate of drug-likeness (QED) is 0.282. The van der Waals surface area contributed by atoms with Crippen LogP contribution in [0.2, 0.25) is 0 Å². The minimum atomic E-state index is -1.04. The Morgan fingerprint density at radius 3 is 2.56 bits per heavy atom. The average molecular weight is 598 g/mol. The number of nitrogens with zero attached hydrogens (tertiary/aromatic N) is 3. The number of carbonyl (C=O) groups excluding carboxylic acids is 2. The molecule has 1 amide bonds. The second-order valence-corrected chi connectivity index (χ2v) is 11.8. The summed E-state index contributed by atoms with van der Waals surface area (Å²) in [6.07, 6.45) is 5.12. The van der Waals surface area contributed by atoms with Gasteiger partial charge < -0.3 is 19.0 Å². The van der Waals surface area contributed by atoms with E-state index < -0.39 is 11.6 Å². The SMILES string of the molecule is Cc1cc(C(=O)O)cc(-c2ccc3c(c2)C(=O)CC2(CCN(C(=O)c4cc(OCl)c5ccnc(C6CC6)c5c4)CC2)O3)n1. The first-order valence-corrected chi connectivity index (χ1v) is 14.6. The molecule has 2 fully saturated rings. The Bertz CT molecular complexity index is 1830. The van der Waals surface area contributed by atoms with Gasteiger partial charge in [0.1, 0.15) is 23.2 Å². The summed E-state index contributed by atoms with van der Waals surface area (Å²) in [6, 6.07) is 13.7. The van der Waals surface area contributed by atoms with E-state index >= 15 is 0 Å². The molecule has 1 aliphatic carbocycles. The molecule has 0 radical (unpaired) electrons. The van der Waals surface area contributed by atoms with Gasteiger partial charge in [0.05, 0.1) is 28.9 Å². The van der Waals surface area contributed by atoms with Crippen molar-refractivity contribution in [2.24, 2.45) is 0 Å². The van der Waals surface area contributed by atoms with Crippen molar-refractivity contribution in [1.82, 2.24) is 14.9 Å². The summed E-state index contributed by atoms with van der Waals surface area (Å²) < 4.78 is 11.6. The van der Waals surface area contributed by atoms with Gasteiger partial charge in [0.2, 0.25) is 0 Å². The highest BCUT2D eigenvalue weighted by Gasteiger charge is 2.44. The van der Waals surface area contributed by atoms with Crippen LogP contribution in [0, 0.1) is 6.92 Å². The highest BCUT2D eigenvalue weighted by Crippen LogP contribution is 2.44. The van der Waals surface area contributed by atoms with E-state index in [0.29, 0.717) is 71.4 Å². The summed E-state index contributed by atoms with van der Waals surface area (Å²) in [5.41, 5.74) is 3.05. The number of pyridine rings is 2. The zero-order valence-corrected chi connectivity index (χ0v) is 24.2. The van der Waals surface area contributed by atoms with E-state index in [4.69, 9.17) is 20.9 Å². The first-order chi connectivity index (χ1) is 20.7. The van der Waals surface area contributed by atoms with E-state index in [2.05, 4.69) is 9.97 Å². The van der Waals surface area contributed by atoms with Crippen LogP contribution < -0.4 is 9.03 Å². The fourth-order valence-corrected chi connectivity index (χ4v) is 6.44. The number of amides is 1. The predicted molar refractivity (Wildman–Crippen MR) is 159 cm³/mol. The first kappa shape index (κ1) is 27.3. The standard InChI is InChI=1S/C33H28ClN3O6/c1-18-12-22(32(40)41)15-26(36-18)20-4-5-28-25(13-20)27(38)17-33(42-28)7-10-37(11-8-33)31(39)21-14-24-23(29(16-21)43-34)6-9-35-30(24)19-2-3-19/h4-6,9,12-16,19H,2-3,7-8,10-11,17H2,1H3,(H,40,41). The van der Waals surface area contributed by atoms with Gasteiger partial charge in [-0.3, -0.25) is 19.6 Å². The molecule has 43 heavy (non-hydrogen) atoms. The van der Waals surface area contributed by atoms with Crippen molar-refractivity contribution in [2.45, 2.75) is 50.5 Å². The summed E-state index contributed by atoms with van der Waals surface area (Å²) in [5, 5.41) is 11.1. The van der Waals surface area contributed by atoms with E-state index in [1.54, 1.807) is 42.3 Å². The molecule has 4 heterocycles. The predicted octanol–water partition coefficient (Wildman–Crippen LogP) is 6.35. The van der Waals surface area contributed by atoms with Gasteiger partial charge in [-0.15, -0.1) is 0 Å². The maximum atomic E-state index is 13.7. The van der Waals surface area contributed by atoms with Gasteiger partial charge in [0.25, 0.3) is 5.91 Å². The number of aromatic nitrogens is 2. The minimum Gasteiger partial charge on any atom is -0.486 e. The molecule has 1 spiro atoms. The number of Topliss-reactive ketones (excluding diaryl/α,β-unsaturated/α-hetero) is 1. The van der Waals surface area contributed by atoms with Crippen LogP contribution in [0.3, 0.4) is 0 Å². The fourth-order valence-electron chi connectivity index (χ4n) is 6.31. The number of ketones is 1. The molecule has 1 N–H and O–H groups in total. The molecule has 10 heteroatoms. The third-order valence-electron chi connectivity index (χ3n) is 8.71. The molecule has 1 saturated carbocycles. The van der Waals surface area contributed by atoms with Gasteiger partial charge in [0, 0.05) is 65.6 Å². The third kappa shape index (κ3) is 4.97. The Kier molecular flexibility index (Phi) is 6.58. The smallest absolute Gasteiger partial charge is 0.335 e. The molecule has 7 rings (SSSR count). The molecular weight excluding hydrogens is 570 g/mol. The molecule has 0 unspecified atom stereocenters. The number of carboxylic acid groups (broad SMARTS) is 1. The lowest BCUT2D eigenvalue weighted by atomic mass is 9.82. The Balaban J connectivity index is 1.10. The number of ether oxygens (including phenoxy) is 1. The number of halogens is 1. The Hall–Kier alpha value is -4.50. The molecule has 2 aromatic carbocycles. The molecule has 4 aromatic rings. The molecule has 218 valence electrons. The number of aromatic carboxylic acids is 1. The number of carbonyl (C=O) groups is 3. The van der Waals surface area contributed by atoms with Crippen LogP contribution in [0.1, 0.15) is 80.5 Å². The van der Waals surface area contributed by atoms with Crippen LogP contribution in [0.5, 0.6) is 11.5 Å². The number of benzene rings is 2. The fraction of sp³-hybridized carbons (Fsp3) is 0.303. The topological polar surface area (TPSA) is 119 Å². The van der Waals surface area contributed by atoms with Gasteiger partial charge >= 0.3 is 5.97 Å². The molecule has 2 aliphatic heterocycles. The highest BCUT2D eigenvalue weighted by molar-refractivity contribution is 6.11. The molecule has 3 aliphatic rings. The van der Waals surface area contributed by atoms with Gasteiger partial charge in [-0.25, -0.2) is 4.79 Å². The van der Waals surface area contributed by atoms with Crippen molar-refractivity contribution >= 4 is 40.3 Å². The summed E-state index contributed by atoms with van der Waals surface area (Å²) >= 11 is 5.82. The maximum absolute atomic E-state index is 13.7. The van der Waals surface area contributed by atoms with Crippen molar-refractivity contribution < 1.29 is 28.5 Å². The molecule has 2 aromatic heterocycles. The van der Waals surface area contributed by atoms with E-state index in [0.717, 1.165) is 29.3 Å². The number of fused-ring (bicyclic) bond motifs is 2. The number of hydrogen-bond acceptors (Lipinski definition) is 7. The summed E-state index contributed by atoms with van der Waals surface area (Å²) in [5.74, 6) is 0.0944. The normalized spacial score (nSPS) is 17.4. The zero-order chi connectivity index (χ0) is 29.9. The van der Waals surface area contributed by atoms with Gasteiger partial charge in [-0.05, 0) is 68.3 Å². The number of carboxylic acids is 1. The van der Waals surface area contributed by atoms with Crippen molar-refractivity contribution in [2.75, 3.05) is 13.1 Å². The molecule has 0 bridgehead atoms. The Labute approximate surface area is 252 Å². The summed E-state index contributed by atoms with van der Waals surface area (Å²) in [7, 11) is 0. The number of rotatable bonds is 5. The highest BCUT2D eigenvalue weighted by atomic mass is 35.5. The van der Waals surface area contributed by atoms with Gasteiger partial charge in [-0.2, -0.15) is 0 Å². The van der Waals surface area contributed by atoms with Gasteiger partial charge in [0.15, 0.2) is 11.5 Å². The number of hydrogen-bond donors (Lipinski definition) is 1. The number of likely N-dealkylation sites (tertiary alicyclic amines) is 1. The van der Waals surface area contributed by atoms with Crippen molar-refractivity contribution in [3.05, 3.63) is 82.8 Å². The van der Waals surface area contributed by atoms with Crippen LogP contribution in [-0.2, 0) is 0 Å². The lowest BCUT2D eigenvalue weighted by Crippen LogP contribution is -2.52. The largest absolute Gasteiger partial charge is 0.486 e. The monoisotopic (exact) mass is 597 g/mol. The third-order valence-corrected chi connectivity index (χ3v) is 8.88. The molecule has 0 atom stereocenters. The first-order valence-electron chi connectivity index (χ1n) is 14.3. The molecule has 1 saturated heterocycles. The second kappa shape index (κ2) is 10.3. The minimum absolute atomic E-state index is 0.0486. The van der Waals surface area contributed by atoms with Crippen LogP contribution in [0.25, 0.3) is 22.0 Å². The maximum Gasteiger partial charge on any atom is 0.335 e. The second-order valence-electron chi connectivity index (χ2n) is 11.7. The van der Waals surface area contributed by atoms with Crippen molar-refractivity contribution in [3.63, 3.8) is 0 Å². The Morgan fingerprint density at radius 2 is 1.84 bits per heavy atom. The molecular formula is C33H28ClN3O6. The van der Waals surface area contributed by atoms with Crippen LogP contribution in [0.15, 0.2) is 54.7 Å². The lowest BCUT2D eigenvalue weighted by molar-refractivity contribution is -0.00571. The summed E-state index contributed by atoms with van der Waals surface area (Å²) in [6.45, 7) is 2.60. The van der Waals surface area contributed by atoms with E-state index in [-0.39, 0.29) is 23.7 Å². The lowest BCUT2D eigenvalue weighted by Gasteiger charge is -2.44. The number of piperidine rings is 1. The van der Waals surface area contributed by atoms with Crippen LogP contribution in [-0.4, -0.2) is 56.3 Å². The van der Waals surface area contributed by atoms with Crippen LogP contribution in [0.4, 0.5) is 0 Å². The molecule has 9 nitrogen and oxygen atoms in total. The number of aryl methyl sites for hydroxylation is 1. The zero-order valence-electron chi connectivity index (χ0n) is 23.4. The summed E-state index contributed by atoms with van der Waals surface area (Å²) in [4.78, 5) is 49.4. The van der Waals surface area contributed by atoms with Crippen molar-refractivity contribution in [1.29, 1.82) is 0 Å². The van der Waals surface area contributed by atoms with Crippen molar-refractivity contribution in [3.8, 4) is 22.8 Å². The van der Waals surface area contributed by atoms with Crippen LogP contribution >= 0.6 is 11.9 Å². The van der Waals surface area contributed by atoms with E-state index in [1.165, 1.54) is 12.1 Å². The van der Waals surface area contributed by atoms with E-state index in [1.807, 2.05) is 12.1 Å². The Morgan fingerprint density at radius 1 is 1.05 bits per heavy atom. The van der Waals surface area contributed by atoms with Gasteiger partial charge in [-0.1, -0.05) is 0 Å².